The Bertz CT molecular complexity index is 1500. The van der Waals surface area contributed by atoms with Crippen molar-refractivity contribution in [3.05, 3.63) is 54.7 Å². The highest BCUT2D eigenvalue weighted by Crippen LogP contribution is 2.28. The molecule has 5 aromatic rings. The summed E-state index contributed by atoms with van der Waals surface area (Å²) in [6.07, 6.45) is 4.21. The van der Waals surface area contributed by atoms with Crippen molar-refractivity contribution in [1.29, 1.82) is 0 Å². The number of aromatic nitrogens is 7. The van der Waals surface area contributed by atoms with E-state index in [4.69, 9.17) is 10.1 Å². The maximum Gasteiger partial charge on any atom is 0.312 e. The van der Waals surface area contributed by atoms with Gasteiger partial charge in [0.2, 0.25) is 5.91 Å². The van der Waals surface area contributed by atoms with Gasteiger partial charge in [-0.2, -0.15) is 0 Å². The average Bonchev–Trinajstić information content (AvgIpc) is 3.40. The van der Waals surface area contributed by atoms with Crippen LogP contribution in [0.4, 0.5) is 5.82 Å². The number of hydrogen-bond acceptors (Lipinski definition) is 7. The first kappa shape index (κ1) is 19.3. The highest BCUT2D eigenvalue weighted by molar-refractivity contribution is 6.05. The Morgan fingerprint density at radius 1 is 1.12 bits per heavy atom. The lowest BCUT2D eigenvalue weighted by molar-refractivity contribution is -0.139. The molecule has 0 bridgehead atoms. The van der Waals surface area contributed by atoms with Crippen LogP contribution in [0.3, 0.4) is 0 Å². The minimum absolute atomic E-state index is 0.264. The van der Waals surface area contributed by atoms with Gasteiger partial charge in [-0.1, -0.05) is 6.07 Å². The van der Waals surface area contributed by atoms with Crippen LogP contribution >= 0.6 is 0 Å². The van der Waals surface area contributed by atoms with Crippen LogP contribution in [0.2, 0.25) is 0 Å². The van der Waals surface area contributed by atoms with Crippen molar-refractivity contribution in [2.45, 2.75) is 13.3 Å². The molecule has 11 nitrogen and oxygen atoms in total. The molecular weight excluding hydrogens is 412 g/mol. The number of aromatic amines is 1. The highest BCUT2D eigenvalue weighted by atomic mass is 16.4. The molecule has 0 aromatic carbocycles. The lowest BCUT2D eigenvalue weighted by Crippen LogP contribution is -2.16. The number of rotatable bonds is 5. The van der Waals surface area contributed by atoms with E-state index >= 15 is 0 Å². The highest BCUT2D eigenvalue weighted by Gasteiger charge is 2.18. The number of carboxylic acids is 1. The number of fused-ring (bicyclic) bond motifs is 2. The molecule has 0 atom stereocenters. The molecule has 5 rings (SSSR count). The van der Waals surface area contributed by atoms with Gasteiger partial charge in [-0.05, 0) is 31.2 Å². The van der Waals surface area contributed by atoms with Crippen molar-refractivity contribution in [2.75, 3.05) is 5.32 Å². The van der Waals surface area contributed by atoms with Crippen molar-refractivity contribution in [3.63, 3.8) is 0 Å². The number of pyridine rings is 2. The lowest BCUT2D eigenvalue weighted by atomic mass is 10.3. The summed E-state index contributed by atoms with van der Waals surface area (Å²) < 4.78 is 1.81. The van der Waals surface area contributed by atoms with Crippen molar-refractivity contribution in [3.8, 4) is 17.3 Å². The number of hydrogen-bond donors (Lipinski definition) is 3. The Hall–Kier alpha value is -4.67. The minimum atomic E-state index is -1.22. The fraction of sp³-hybridized carbons (Fsp3) is 0.0952. The van der Waals surface area contributed by atoms with Gasteiger partial charge in [0, 0.05) is 23.5 Å². The summed E-state index contributed by atoms with van der Waals surface area (Å²) in [5.74, 6) is -0.647. The Morgan fingerprint density at radius 3 is 2.81 bits per heavy atom. The third kappa shape index (κ3) is 3.41. The van der Waals surface area contributed by atoms with E-state index in [0.29, 0.717) is 39.4 Å². The second kappa shape index (κ2) is 7.54. The number of anilines is 1. The molecule has 11 heteroatoms. The zero-order valence-corrected chi connectivity index (χ0v) is 16.8. The molecule has 0 saturated heterocycles. The fourth-order valence-corrected chi connectivity index (χ4v) is 3.44. The van der Waals surface area contributed by atoms with E-state index in [1.807, 2.05) is 29.7 Å². The molecule has 0 spiro atoms. The summed E-state index contributed by atoms with van der Waals surface area (Å²) in [5, 5.41) is 12.0. The Labute approximate surface area is 180 Å². The molecule has 0 fully saturated rings. The smallest absolute Gasteiger partial charge is 0.312 e. The average molecular weight is 428 g/mol. The minimum Gasteiger partial charge on any atom is -0.481 e. The molecule has 0 aliphatic carbocycles. The van der Waals surface area contributed by atoms with Crippen LogP contribution in [-0.2, 0) is 9.59 Å². The van der Waals surface area contributed by atoms with Crippen molar-refractivity contribution in [2.24, 2.45) is 0 Å². The van der Waals surface area contributed by atoms with Crippen LogP contribution < -0.4 is 5.32 Å². The number of amides is 1. The fourth-order valence-electron chi connectivity index (χ4n) is 3.44. The van der Waals surface area contributed by atoms with Gasteiger partial charge < -0.3 is 15.4 Å². The molecule has 5 aromatic heterocycles. The van der Waals surface area contributed by atoms with E-state index in [-0.39, 0.29) is 5.82 Å². The van der Waals surface area contributed by atoms with Gasteiger partial charge in [-0.15, -0.1) is 0 Å². The molecular formula is C21H16N8O3. The van der Waals surface area contributed by atoms with Crippen molar-refractivity contribution in [1.82, 2.24) is 34.5 Å². The van der Waals surface area contributed by atoms with Gasteiger partial charge in [-0.3, -0.25) is 14.2 Å². The summed E-state index contributed by atoms with van der Waals surface area (Å²) >= 11 is 0. The van der Waals surface area contributed by atoms with Gasteiger partial charge in [0.05, 0.1) is 11.8 Å². The van der Waals surface area contributed by atoms with Crippen LogP contribution in [0.25, 0.3) is 39.4 Å². The van der Waals surface area contributed by atoms with Crippen molar-refractivity contribution < 1.29 is 14.7 Å². The Kier molecular flexibility index (Phi) is 4.55. The molecule has 1 amide bonds. The van der Waals surface area contributed by atoms with Gasteiger partial charge >= 0.3 is 5.97 Å². The lowest BCUT2D eigenvalue weighted by Gasteiger charge is -2.09. The van der Waals surface area contributed by atoms with Gasteiger partial charge in [-0.25, -0.2) is 24.9 Å². The molecule has 5 heterocycles. The Balaban J connectivity index is 1.65. The normalized spacial score (nSPS) is 11.2. The number of carbonyl (C=O) groups is 2. The number of nitrogens with zero attached hydrogens (tertiary/aromatic N) is 6. The molecule has 0 unspecified atom stereocenters. The largest absolute Gasteiger partial charge is 0.481 e. The molecule has 158 valence electrons. The third-order valence-electron chi connectivity index (χ3n) is 4.79. The first-order valence-corrected chi connectivity index (χ1v) is 9.63. The van der Waals surface area contributed by atoms with Crippen LogP contribution in [-0.4, -0.2) is 51.5 Å². The number of aryl methyl sites for hydroxylation is 1. The molecule has 0 radical (unpaired) electrons. The van der Waals surface area contributed by atoms with Gasteiger partial charge in [0.15, 0.2) is 22.8 Å². The van der Waals surface area contributed by atoms with E-state index < -0.39 is 18.3 Å². The van der Waals surface area contributed by atoms with E-state index in [1.54, 1.807) is 24.7 Å². The second-order valence-electron chi connectivity index (χ2n) is 7.03. The first-order valence-electron chi connectivity index (χ1n) is 9.63. The third-order valence-corrected chi connectivity index (χ3v) is 4.79. The van der Waals surface area contributed by atoms with Gasteiger partial charge in [0.1, 0.15) is 17.9 Å². The van der Waals surface area contributed by atoms with E-state index in [9.17, 15) is 9.59 Å². The molecule has 32 heavy (non-hydrogen) atoms. The van der Waals surface area contributed by atoms with Crippen molar-refractivity contribution >= 4 is 39.8 Å². The second-order valence-corrected chi connectivity index (χ2v) is 7.03. The number of nitrogens with one attached hydrogen (secondary N) is 2. The topological polar surface area (TPSA) is 152 Å². The molecule has 0 aliphatic heterocycles. The molecule has 3 N–H and O–H groups in total. The zero-order chi connectivity index (χ0) is 22.2. The van der Waals surface area contributed by atoms with Crippen LogP contribution in [0.1, 0.15) is 12.1 Å². The monoisotopic (exact) mass is 428 g/mol. The van der Waals surface area contributed by atoms with E-state index in [2.05, 4.69) is 30.2 Å². The predicted octanol–water partition coefficient (Wildman–Crippen LogP) is 2.48. The van der Waals surface area contributed by atoms with Crippen LogP contribution in [0, 0.1) is 6.92 Å². The number of aliphatic carboxylic acids is 1. The number of carbonyl (C=O) groups excluding carboxylic acids is 1. The van der Waals surface area contributed by atoms with E-state index in [1.165, 1.54) is 6.20 Å². The summed E-state index contributed by atoms with van der Waals surface area (Å²) in [5.41, 5.74) is 3.29. The summed E-state index contributed by atoms with van der Waals surface area (Å²) in [6, 6.07) is 9.16. The summed E-state index contributed by atoms with van der Waals surface area (Å²) in [4.78, 5) is 48.1. The predicted molar refractivity (Wildman–Crippen MR) is 115 cm³/mol. The number of imidazole rings is 1. The first-order chi connectivity index (χ1) is 15.5. The molecule has 0 saturated carbocycles. The summed E-state index contributed by atoms with van der Waals surface area (Å²) in [7, 11) is 0. The van der Waals surface area contributed by atoms with E-state index in [0.717, 1.165) is 5.69 Å². The molecule has 0 aliphatic rings. The van der Waals surface area contributed by atoms with Gasteiger partial charge in [0.25, 0.3) is 0 Å². The standard InChI is InChI=1S/C21H16N8O3/c1-11-3-2-4-13(25-11)19-27-20-17(23-10-24-20)21(28-19)29-8-6-12-14(29)5-7-22-18(12)26-15(30)9-16(31)32/h2-8,10H,9H2,1H3,(H,31,32)(H,22,26,30)(H,23,24,27,28). The maximum absolute atomic E-state index is 11.9. The Morgan fingerprint density at radius 2 is 2.00 bits per heavy atom. The maximum atomic E-state index is 11.9. The van der Waals surface area contributed by atoms with Crippen LogP contribution in [0.5, 0.6) is 0 Å². The SMILES string of the molecule is Cc1cccc(-c2nc(-n3ccc4c(NC(=O)CC(=O)O)nccc43)c3nc[nH]c3n2)n1. The number of H-pyrrole nitrogens is 1. The number of carboxylic acid groups (broad SMARTS) is 1. The quantitative estimate of drug-likeness (QED) is 0.361. The zero-order valence-electron chi connectivity index (χ0n) is 16.8. The summed E-state index contributed by atoms with van der Waals surface area (Å²) in [6.45, 7) is 1.89. The van der Waals surface area contributed by atoms with Crippen LogP contribution in [0.15, 0.2) is 49.1 Å².